The van der Waals surface area contributed by atoms with E-state index >= 15 is 0 Å². The summed E-state index contributed by atoms with van der Waals surface area (Å²) in [6, 6.07) is 18.2. The number of benzene rings is 2. The molecule has 0 spiro atoms. The van der Waals surface area contributed by atoms with Gasteiger partial charge in [-0.25, -0.2) is 0 Å². The Morgan fingerprint density at radius 3 is 2.29 bits per heavy atom. The van der Waals surface area contributed by atoms with Crippen LogP contribution in [0.4, 0.5) is 5.69 Å². The molecule has 2 aliphatic rings. The van der Waals surface area contributed by atoms with Gasteiger partial charge in [0.1, 0.15) is 5.92 Å². The zero-order valence-corrected chi connectivity index (χ0v) is 17.5. The van der Waals surface area contributed by atoms with E-state index in [-0.39, 0.29) is 11.8 Å². The summed E-state index contributed by atoms with van der Waals surface area (Å²) >= 11 is 3.42. The van der Waals surface area contributed by atoms with Crippen molar-refractivity contribution in [1.82, 2.24) is 4.90 Å². The fourth-order valence-corrected chi connectivity index (χ4v) is 4.58. The third-order valence-electron chi connectivity index (χ3n) is 5.94. The molecule has 0 aliphatic carbocycles. The lowest BCUT2D eigenvalue weighted by molar-refractivity contribution is -0.141. The fraction of sp³-hybridized carbons (Fsp3) is 0.391. The van der Waals surface area contributed by atoms with Gasteiger partial charge in [-0.2, -0.15) is 0 Å². The summed E-state index contributed by atoms with van der Waals surface area (Å²) < 4.78 is 0.980. The Hall–Kier alpha value is -2.14. The number of hydrogen-bond donors (Lipinski definition) is 0. The summed E-state index contributed by atoms with van der Waals surface area (Å²) in [5.41, 5.74) is 2.23. The van der Waals surface area contributed by atoms with Crippen LogP contribution in [0.25, 0.3) is 0 Å². The van der Waals surface area contributed by atoms with Crippen LogP contribution in [-0.2, 0) is 16.0 Å². The Morgan fingerprint density at radius 2 is 1.61 bits per heavy atom. The summed E-state index contributed by atoms with van der Waals surface area (Å²) in [6.45, 7) is 2.14. The van der Waals surface area contributed by atoms with Crippen LogP contribution < -0.4 is 4.90 Å². The number of carbonyl (C=O) groups excluding carboxylic acids is 2. The highest BCUT2D eigenvalue weighted by atomic mass is 79.9. The lowest BCUT2D eigenvalue weighted by Gasteiger charge is -2.33. The predicted octanol–water partition coefficient (Wildman–Crippen LogP) is 4.28. The minimum absolute atomic E-state index is 0.0165. The number of halogens is 1. The topological polar surface area (TPSA) is 40.6 Å². The van der Waals surface area contributed by atoms with Gasteiger partial charge >= 0.3 is 0 Å². The molecule has 4 rings (SSSR count). The van der Waals surface area contributed by atoms with Crippen molar-refractivity contribution in [3.05, 3.63) is 64.6 Å². The summed E-state index contributed by atoms with van der Waals surface area (Å²) in [4.78, 5) is 29.5. The van der Waals surface area contributed by atoms with Crippen LogP contribution in [-0.4, -0.2) is 36.3 Å². The van der Waals surface area contributed by atoms with Crippen LogP contribution in [0.15, 0.2) is 59.1 Å². The minimum atomic E-state index is -0.519. The average Bonchev–Trinajstić information content (AvgIpc) is 3.11. The average molecular weight is 441 g/mol. The molecule has 2 saturated heterocycles. The number of piperidine rings is 1. The first-order chi connectivity index (χ1) is 13.6. The van der Waals surface area contributed by atoms with Crippen LogP contribution in [0.5, 0.6) is 0 Å². The standard InChI is InChI=1S/C23H25BrN2O2/c24-19-6-8-20(9-7-19)26-15-12-21(23(26)28)22(27)25-13-10-18(11-14-25)16-17-4-2-1-3-5-17/h1-9,18,21H,10-16H2. The first-order valence-corrected chi connectivity index (χ1v) is 10.8. The van der Waals surface area contributed by atoms with Crippen molar-refractivity contribution in [2.75, 3.05) is 24.5 Å². The van der Waals surface area contributed by atoms with E-state index in [1.165, 1.54) is 5.56 Å². The van der Waals surface area contributed by atoms with Crippen molar-refractivity contribution in [1.29, 1.82) is 0 Å². The molecule has 2 heterocycles. The maximum Gasteiger partial charge on any atom is 0.239 e. The molecule has 2 fully saturated rings. The maximum absolute atomic E-state index is 13.0. The van der Waals surface area contributed by atoms with E-state index in [4.69, 9.17) is 0 Å². The van der Waals surface area contributed by atoms with Gasteiger partial charge in [-0.3, -0.25) is 9.59 Å². The van der Waals surface area contributed by atoms with Gasteiger partial charge in [-0.1, -0.05) is 46.3 Å². The van der Waals surface area contributed by atoms with Crippen molar-refractivity contribution >= 4 is 33.4 Å². The molecule has 2 aromatic carbocycles. The van der Waals surface area contributed by atoms with Crippen LogP contribution >= 0.6 is 15.9 Å². The normalized spacial score (nSPS) is 20.6. The van der Waals surface area contributed by atoms with E-state index in [2.05, 4.69) is 40.2 Å². The number of amides is 2. The molecule has 5 heteroatoms. The Morgan fingerprint density at radius 1 is 0.929 bits per heavy atom. The highest BCUT2D eigenvalue weighted by Gasteiger charge is 2.40. The third-order valence-corrected chi connectivity index (χ3v) is 6.46. The number of rotatable bonds is 4. The Bertz CT molecular complexity index is 829. The van der Waals surface area contributed by atoms with Crippen molar-refractivity contribution in [3.63, 3.8) is 0 Å². The molecule has 28 heavy (non-hydrogen) atoms. The van der Waals surface area contributed by atoms with Gasteiger partial charge in [0, 0.05) is 29.8 Å². The van der Waals surface area contributed by atoms with Gasteiger partial charge in [0.05, 0.1) is 0 Å². The summed E-state index contributed by atoms with van der Waals surface area (Å²) in [5.74, 6) is 0.0563. The zero-order valence-electron chi connectivity index (χ0n) is 15.9. The van der Waals surface area contributed by atoms with E-state index in [1.54, 1.807) is 4.90 Å². The Kier molecular flexibility index (Phi) is 5.81. The van der Waals surface area contributed by atoms with E-state index in [9.17, 15) is 9.59 Å². The van der Waals surface area contributed by atoms with Gasteiger partial charge in [0.2, 0.25) is 11.8 Å². The molecular formula is C23H25BrN2O2. The first-order valence-electron chi connectivity index (χ1n) is 10.0. The molecule has 0 bridgehead atoms. The van der Waals surface area contributed by atoms with Crippen LogP contribution in [0, 0.1) is 11.8 Å². The van der Waals surface area contributed by atoms with Crippen molar-refractivity contribution in [2.45, 2.75) is 25.7 Å². The van der Waals surface area contributed by atoms with Crippen molar-refractivity contribution < 1.29 is 9.59 Å². The minimum Gasteiger partial charge on any atom is -0.342 e. The second kappa shape index (κ2) is 8.48. The lowest BCUT2D eigenvalue weighted by atomic mass is 9.89. The molecule has 1 atom stereocenters. The number of nitrogens with zero attached hydrogens (tertiary/aromatic N) is 2. The molecule has 2 aromatic rings. The van der Waals surface area contributed by atoms with Crippen LogP contribution in [0.2, 0.25) is 0 Å². The SMILES string of the molecule is O=C(C1CCN(c2ccc(Br)cc2)C1=O)N1CCC(Cc2ccccc2)CC1. The van der Waals surface area contributed by atoms with E-state index in [0.29, 0.717) is 18.9 Å². The van der Waals surface area contributed by atoms with Crippen LogP contribution in [0.3, 0.4) is 0 Å². The number of hydrogen-bond acceptors (Lipinski definition) is 2. The lowest BCUT2D eigenvalue weighted by Crippen LogP contribution is -2.44. The smallest absolute Gasteiger partial charge is 0.239 e. The van der Waals surface area contributed by atoms with Gasteiger partial charge in [0.25, 0.3) is 0 Å². The van der Waals surface area contributed by atoms with Gasteiger partial charge < -0.3 is 9.80 Å². The highest BCUT2D eigenvalue weighted by Crippen LogP contribution is 2.29. The molecule has 0 saturated carbocycles. The summed E-state index contributed by atoms with van der Waals surface area (Å²) in [7, 11) is 0. The van der Waals surface area contributed by atoms with Crippen LogP contribution in [0.1, 0.15) is 24.8 Å². The largest absolute Gasteiger partial charge is 0.342 e. The molecule has 0 N–H and O–H groups in total. The molecule has 4 nitrogen and oxygen atoms in total. The molecule has 146 valence electrons. The predicted molar refractivity (Wildman–Crippen MR) is 114 cm³/mol. The van der Waals surface area contributed by atoms with E-state index < -0.39 is 5.92 Å². The first kappa shape index (κ1) is 19.2. The molecule has 0 aromatic heterocycles. The summed E-state index contributed by atoms with van der Waals surface area (Å²) in [5, 5.41) is 0. The van der Waals surface area contributed by atoms with E-state index in [0.717, 1.165) is 42.5 Å². The maximum atomic E-state index is 13.0. The van der Waals surface area contributed by atoms with Gasteiger partial charge in [-0.05, 0) is 61.4 Å². The zero-order chi connectivity index (χ0) is 19.5. The third kappa shape index (κ3) is 4.14. The molecule has 2 amide bonds. The molecule has 1 unspecified atom stereocenters. The number of carbonyl (C=O) groups is 2. The van der Waals surface area contributed by atoms with Gasteiger partial charge in [-0.15, -0.1) is 0 Å². The Labute approximate surface area is 174 Å². The second-order valence-electron chi connectivity index (χ2n) is 7.77. The Balaban J connectivity index is 1.33. The highest BCUT2D eigenvalue weighted by molar-refractivity contribution is 9.10. The van der Waals surface area contributed by atoms with Crippen molar-refractivity contribution in [2.24, 2.45) is 11.8 Å². The quantitative estimate of drug-likeness (QED) is 0.665. The fourth-order valence-electron chi connectivity index (χ4n) is 4.31. The van der Waals surface area contributed by atoms with E-state index in [1.807, 2.05) is 35.2 Å². The monoisotopic (exact) mass is 440 g/mol. The number of likely N-dealkylation sites (tertiary alicyclic amines) is 1. The molecule has 0 radical (unpaired) electrons. The van der Waals surface area contributed by atoms with Gasteiger partial charge in [0.15, 0.2) is 0 Å². The number of anilines is 1. The molecular weight excluding hydrogens is 416 g/mol. The molecule has 2 aliphatic heterocycles. The summed E-state index contributed by atoms with van der Waals surface area (Å²) in [6.07, 6.45) is 3.70. The van der Waals surface area contributed by atoms with Crippen molar-refractivity contribution in [3.8, 4) is 0 Å². The second-order valence-corrected chi connectivity index (χ2v) is 8.68.